The van der Waals surface area contributed by atoms with Crippen LogP contribution in [0.2, 0.25) is 0 Å². The number of anilines is 1. The van der Waals surface area contributed by atoms with Crippen molar-refractivity contribution in [2.45, 2.75) is 12.8 Å². The average Bonchev–Trinajstić information content (AvgIpc) is 2.44. The summed E-state index contributed by atoms with van der Waals surface area (Å²) in [6.07, 6.45) is 0. The monoisotopic (exact) mass is 339 g/mol. The number of halogens is 3. The summed E-state index contributed by atoms with van der Waals surface area (Å²) in [5.41, 5.74) is 0.640. The van der Waals surface area contributed by atoms with Gasteiger partial charge in [0.05, 0.1) is 16.1 Å². The molecule has 0 aliphatic carbocycles. The smallest absolute Gasteiger partial charge is 0.231 e. The molecule has 104 valence electrons. The van der Waals surface area contributed by atoms with Gasteiger partial charge in [-0.1, -0.05) is 30.3 Å². The number of nitrogens with one attached hydrogen (secondary N) is 1. The summed E-state index contributed by atoms with van der Waals surface area (Å²) < 4.78 is 27.0. The zero-order valence-electron chi connectivity index (χ0n) is 10.7. The van der Waals surface area contributed by atoms with E-state index in [1.807, 2.05) is 30.3 Å². The number of benzene rings is 2. The molecule has 1 N–H and O–H groups in total. The van der Waals surface area contributed by atoms with Gasteiger partial charge in [-0.15, -0.1) is 0 Å². The molecule has 0 heterocycles. The van der Waals surface area contributed by atoms with E-state index in [9.17, 15) is 13.6 Å². The second-order valence-electron chi connectivity index (χ2n) is 4.37. The van der Waals surface area contributed by atoms with Gasteiger partial charge in [0.1, 0.15) is 11.6 Å². The first-order chi connectivity index (χ1) is 9.49. The number of hydrogen-bond acceptors (Lipinski definition) is 1. The number of amides is 1. The van der Waals surface area contributed by atoms with Crippen LogP contribution in [0.25, 0.3) is 0 Å². The number of carbonyl (C=O) groups excluding carboxylic acids is 1. The van der Waals surface area contributed by atoms with Gasteiger partial charge in [-0.2, -0.15) is 0 Å². The standard InChI is InChI=1S/C15H12BrF2NO/c1-9(10-5-3-2-4-6-10)15(20)19-14-8-12(17)11(16)7-13(14)18/h2-9H,1H3,(H,19,20). The molecule has 0 radical (unpaired) electrons. The van der Waals surface area contributed by atoms with Crippen LogP contribution in [0.3, 0.4) is 0 Å². The normalized spacial score (nSPS) is 12.0. The van der Waals surface area contributed by atoms with E-state index >= 15 is 0 Å². The minimum atomic E-state index is -0.688. The largest absolute Gasteiger partial charge is 0.323 e. The van der Waals surface area contributed by atoms with Crippen LogP contribution >= 0.6 is 15.9 Å². The van der Waals surface area contributed by atoms with Gasteiger partial charge >= 0.3 is 0 Å². The lowest BCUT2D eigenvalue weighted by Crippen LogP contribution is -2.19. The Balaban J connectivity index is 2.18. The van der Waals surface area contributed by atoms with E-state index in [4.69, 9.17) is 0 Å². The highest BCUT2D eigenvalue weighted by Gasteiger charge is 2.17. The van der Waals surface area contributed by atoms with Crippen molar-refractivity contribution in [3.8, 4) is 0 Å². The van der Waals surface area contributed by atoms with E-state index in [-0.39, 0.29) is 10.2 Å². The zero-order valence-corrected chi connectivity index (χ0v) is 12.2. The van der Waals surface area contributed by atoms with Crippen molar-refractivity contribution in [1.82, 2.24) is 0 Å². The second-order valence-corrected chi connectivity index (χ2v) is 5.22. The molecule has 0 spiro atoms. The first-order valence-corrected chi connectivity index (χ1v) is 6.78. The van der Waals surface area contributed by atoms with Gasteiger partial charge in [0.15, 0.2) is 0 Å². The predicted molar refractivity (Wildman–Crippen MR) is 77.5 cm³/mol. The Morgan fingerprint density at radius 2 is 1.80 bits per heavy atom. The fraction of sp³-hybridized carbons (Fsp3) is 0.133. The third-order valence-electron chi connectivity index (χ3n) is 2.96. The molecular formula is C15H12BrF2NO. The summed E-state index contributed by atoms with van der Waals surface area (Å²) in [5.74, 6) is -2.17. The van der Waals surface area contributed by atoms with E-state index in [1.165, 1.54) is 0 Å². The Morgan fingerprint density at radius 3 is 2.45 bits per heavy atom. The van der Waals surface area contributed by atoms with Crippen LogP contribution in [0.5, 0.6) is 0 Å². The summed E-state index contributed by atoms with van der Waals surface area (Å²) in [4.78, 5) is 12.0. The quantitative estimate of drug-likeness (QED) is 0.821. The molecule has 0 saturated heterocycles. The molecule has 2 aromatic carbocycles. The molecule has 1 amide bonds. The summed E-state index contributed by atoms with van der Waals surface area (Å²) in [7, 11) is 0. The lowest BCUT2D eigenvalue weighted by atomic mass is 10.0. The van der Waals surface area contributed by atoms with Gasteiger partial charge < -0.3 is 5.32 Å². The maximum atomic E-state index is 13.6. The topological polar surface area (TPSA) is 29.1 Å². The van der Waals surface area contributed by atoms with Crippen molar-refractivity contribution in [3.63, 3.8) is 0 Å². The van der Waals surface area contributed by atoms with Crippen molar-refractivity contribution >= 4 is 27.5 Å². The molecule has 1 unspecified atom stereocenters. The van der Waals surface area contributed by atoms with Crippen LogP contribution in [-0.2, 0) is 4.79 Å². The van der Waals surface area contributed by atoms with Crippen molar-refractivity contribution in [3.05, 3.63) is 64.1 Å². The first kappa shape index (κ1) is 14.7. The molecule has 5 heteroatoms. The Bertz CT molecular complexity index is 631. The van der Waals surface area contributed by atoms with Gasteiger partial charge in [0.2, 0.25) is 5.91 Å². The van der Waals surface area contributed by atoms with Crippen LogP contribution < -0.4 is 5.32 Å². The lowest BCUT2D eigenvalue weighted by Gasteiger charge is -2.13. The van der Waals surface area contributed by atoms with Crippen LogP contribution in [0.15, 0.2) is 46.9 Å². The molecule has 0 aliphatic heterocycles. The van der Waals surface area contributed by atoms with Crippen LogP contribution in [0, 0.1) is 11.6 Å². The summed E-state index contributed by atoms with van der Waals surface area (Å²) in [5, 5.41) is 2.40. The minimum absolute atomic E-state index is 0.0177. The third-order valence-corrected chi connectivity index (χ3v) is 3.57. The van der Waals surface area contributed by atoms with Gasteiger partial charge in [-0.25, -0.2) is 8.78 Å². The minimum Gasteiger partial charge on any atom is -0.323 e. The van der Waals surface area contributed by atoms with E-state index in [0.29, 0.717) is 0 Å². The van der Waals surface area contributed by atoms with Crippen molar-refractivity contribution in [1.29, 1.82) is 0 Å². The summed E-state index contributed by atoms with van der Waals surface area (Å²) >= 11 is 2.88. The second kappa shape index (κ2) is 6.13. The first-order valence-electron chi connectivity index (χ1n) is 5.99. The van der Waals surface area contributed by atoms with Crippen LogP contribution in [-0.4, -0.2) is 5.91 Å². The van der Waals surface area contributed by atoms with E-state index < -0.39 is 23.5 Å². The molecular weight excluding hydrogens is 328 g/mol. The summed E-state index contributed by atoms with van der Waals surface area (Å²) in [6, 6.07) is 11.0. The lowest BCUT2D eigenvalue weighted by molar-refractivity contribution is -0.117. The molecule has 1 atom stereocenters. The third kappa shape index (κ3) is 3.22. The molecule has 0 fully saturated rings. The maximum Gasteiger partial charge on any atom is 0.231 e. The Hall–Kier alpha value is -1.75. The molecule has 0 bridgehead atoms. The molecule has 20 heavy (non-hydrogen) atoms. The molecule has 0 aromatic heterocycles. The van der Waals surface area contributed by atoms with E-state index in [0.717, 1.165) is 17.7 Å². The molecule has 0 aliphatic rings. The highest BCUT2D eigenvalue weighted by molar-refractivity contribution is 9.10. The Morgan fingerprint density at radius 1 is 1.15 bits per heavy atom. The van der Waals surface area contributed by atoms with E-state index in [2.05, 4.69) is 21.2 Å². The summed E-state index contributed by atoms with van der Waals surface area (Å²) in [6.45, 7) is 1.71. The maximum absolute atomic E-state index is 13.6. The van der Waals surface area contributed by atoms with E-state index in [1.54, 1.807) is 6.92 Å². The Kier molecular flexibility index (Phi) is 4.49. The van der Waals surface area contributed by atoms with Gasteiger partial charge in [-0.05, 0) is 34.5 Å². The van der Waals surface area contributed by atoms with Gasteiger partial charge in [-0.3, -0.25) is 4.79 Å². The SMILES string of the molecule is CC(C(=O)Nc1cc(F)c(Br)cc1F)c1ccccc1. The zero-order chi connectivity index (χ0) is 14.7. The average molecular weight is 340 g/mol. The van der Waals surface area contributed by atoms with Gasteiger partial charge in [0, 0.05) is 6.07 Å². The molecule has 2 nitrogen and oxygen atoms in total. The van der Waals surface area contributed by atoms with Crippen molar-refractivity contribution < 1.29 is 13.6 Å². The van der Waals surface area contributed by atoms with Crippen LogP contribution in [0.1, 0.15) is 18.4 Å². The highest BCUT2D eigenvalue weighted by Crippen LogP contribution is 2.25. The number of carbonyl (C=O) groups is 1. The highest BCUT2D eigenvalue weighted by atomic mass is 79.9. The fourth-order valence-corrected chi connectivity index (χ4v) is 2.07. The Labute approximate surface area is 123 Å². The fourth-order valence-electron chi connectivity index (χ4n) is 1.75. The van der Waals surface area contributed by atoms with Crippen LogP contribution in [0.4, 0.5) is 14.5 Å². The predicted octanol–water partition coefficient (Wildman–Crippen LogP) is 4.47. The number of rotatable bonds is 3. The van der Waals surface area contributed by atoms with Crippen molar-refractivity contribution in [2.75, 3.05) is 5.32 Å². The van der Waals surface area contributed by atoms with Gasteiger partial charge in [0.25, 0.3) is 0 Å². The number of hydrogen-bond donors (Lipinski definition) is 1. The molecule has 2 aromatic rings. The molecule has 0 saturated carbocycles. The van der Waals surface area contributed by atoms with Crippen molar-refractivity contribution in [2.24, 2.45) is 0 Å². The molecule has 2 rings (SSSR count).